The lowest BCUT2D eigenvalue weighted by molar-refractivity contribution is -0.384. The Balaban J connectivity index is 1.54. The van der Waals surface area contributed by atoms with Gasteiger partial charge in [-0.1, -0.05) is 6.07 Å². The van der Waals surface area contributed by atoms with E-state index in [1.54, 1.807) is 23.3 Å². The number of hydrogen-bond acceptors (Lipinski definition) is 5. The lowest BCUT2D eigenvalue weighted by atomic mass is 10.1. The number of ether oxygens (including phenoxy) is 1. The fourth-order valence-electron chi connectivity index (χ4n) is 3.08. The van der Waals surface area contributed by atoms with Crippen LogP contribution in [0.4, 0.5) is 5.69 Å². The standard InChI is InChI=1S/C17H21N3O4/c21-17(14-4-3-5-15(12-14)20(22)23)19-9-7-18(8-10-19)13-16-6-1-2-11-24-16/h2-5,11-12,16H,1,6-10,13H2/t16-/m0/s1. The highest BCUT2D eigenvalue weighted by Crippen LogP contribution is 2.17. The van der Waals surface area contributed by atoms with E-state index in [9.17, 15) is 14.9 Å². The molecule has 0 unspecified atom stereocenters. The van der Waals surface area contributed by atoms with Crippen LogP contribution in [0.1, 0.15) is 23.2 Å². The van der Waals surface area contributed by atoms with E-state index in [0.29, 0.717) is 18.7 Å². The van der Waals surface area contributed by atoms with Crippen LogP contribution in [-0.4, -0.2) is 59.5 Å². The van der Waals surface area contributed by atoms with E-state index in [0.717, 1.165) is 32.5 Å². The Labute approximate surface area is 140 Å². The molecule has 0 spiro atoms. The van der Waals surface area contributed by atoms with Crippen molar-refractivity contribution in [2.45, 2.75) is 18.9 Å². The van der Waals surface area contributed by atoms with Crippen molar-refractivity contribution in [3.8, 4) is 0 Å². The van der Waals surface area contributed by atoms with E-state index >= 15 is 0 Å². The second-order valence-electron chi connectivity index (χ2n) is 6.11. The second-order valence-corrected chi connectivity index (χ2v) is 6.11. The summed E-state index contributed by atoms with van der Waals surface area (Å²) in [5.41, 5.74) is 0.320. The largest absolute Gasteiger partial charge is 0.497 e. The van der Waals surface area contributed by atoms with E-state index in [1.165, 1.54) is 12.1 Å². The summed E-state index contributed by atoms with van der Waals surface area (Å²) in [5.74, 6) is -0.143. The number of carbonyl (C=O) groups is 1. The van der Waals surface area contributed by atoms with Gasteiger partial charge in [0.25, 0.3) is 11.6 Å². The first-order chi connectivity index (χ1) is 11.6. The molecule has 7 nitrogen and oxygen atoms in total. The number of nitrogens with zero attached hydrogens (tertiary/aromatic N) is 3. The minimum Gasteiger partial charge on any atom is -0.497 e. The van der Waals surface area contributed by atoms with Crippen molar-refractivity contribution in [1.82, 2.24) is 9.80 Å². The zero-order valence-corrected chi connectivity index (χ0v) is 13.5. The third kappa shape index (κ3) is 3.91. The van der Waals surface area contributed by atoms with E-state index < -0.39 is 4.92 Å². The number of rotatable bonds is 4. The van der Waals surface area contributed by atoms with Gasteiger partial charge in [0.2, 0.25) is 0 Å². The van der Waals surface area contributed by atoms with Crippen molar-refractivity contribution in [2.24, 2.45) is 0 Å². The number of nitro groups is 1. The molecule has 24 heavy (non-hydrogen) atoms. The molecule has 1 saturated heterocycles. The number of hydrogen-bond donors (Lipinski definition) is 0. The Morgan fingerprint density at radius 2 is 2.08 bits per heavy atom. The van der Waals surface area contributed by atoms with Crippen LogP contribution in [0.2, 0.25) is 0 Å². The smallest absolute Gasteiger partial charge is 0.270 e. The number of non-ortho nitro benzene ring substituents is 1. The van der Waals surface area contributed by atoms with Crippen molar-refractivity contribution in [3.63, 3.8) is 0 Å². The van der Waals surface area contributed by atoms with Gasteiger partial charge in [-0.3, -0.25) is 19.8 Å². The lowest BCUT2D eigenvalue weighted by Crippen LogP contribution is -2.50. The van der Waals surface area contributed by atoms with Gasteiger partial charge in [-0.2, -0.15) is 0 Å². The molecule has 1 amide bonds. The summed E-state index contributed by atoms with van der Waals surface area (Å²) < 4.78 is 5.59. The van der Waals surface area contributed by atoms with Crippen molar-refractivity contribution >= 4 is 11.6 Å². The molecular weight excluding hydrogens is 310 g/mol. The Morgan fingerprint density at radius 3 is 2.75 bits per heavy atom. The van der Waals surface area contributed by atoms with Crippen LogP contribution in [0, 0.1) is 10.1 Å². The highest BCUT2D eigenvalue weighted by atomic mass is 16.6. The molecule has 0 bridgehead atoms. The molecule has 7 heteroatoms. The number of carbonyl (C=O) groups excluding carboxylic acids is 1. The average molecular weight is 331 g/mol. The molecule has 1 fully saturated rings. The zero-order valence-electron chi connectivity index (χ0n) is 13.5. The molecule has 1 atom stereocenters. The van der Waals surface area contributed by atoms with E-state index in [4.69, 9.17) is 4.74 Å². The first kappa shape index (κ1) is 16.4. The predicted molar refractivity (Wildman–Crippen MR) is 88.7 cm³/mol. The predicted octanol–water partition coefficient (Wildman–Crippen LogP) is 2.05. The molecule has 2 heterocycles. The topological polar surface area (TPSA) is 75.9 Å². The fourth-order valence-corrected chi connectivity index (χ4v) is 3.08. The number of nitro benzene ring substituents is 1. The van der Waals surface area contributed by atoms with Gasteiger partial charge in [0.15, 0.2) is 0 Å². The van der Waals surface area contributed by atoms with E-state index in [-0.39, 0.29) is 17.7 Å². The van der Waals surface area contributed by atoms with Crippen molar-refractivity contribution in [3.05, 3.63) is 52.3 Å². The van der Waals surface area contributed by atoms with Crippen LogP contribution in [0.15, 0.2) is 36.6 Å². The monoisotopic (exact) mass is 331 g/mol. The van der Waals surface area contributed by atoms with Crippen LogP contribution in [0.25, 0.3) is 0 Å². The van der Waals surface area contributed by atoms with Gasteiger partial charge in [-0.25, -0.2) is 0 Å². The highest BCUT2D eigenvalue weighted by molar-refractivity contribution is 5.94. The minimum absolute atomic E-state index is 0.0537. The SMILES string of the molecule is O=C(c1cccc([N+](=O)[O-])c1)N1CCN(C[C@@H]2CCC=CO2)CC1. The van der Waals surface area contributed by atoms with Crippen molar-refractivity contribution in [2.75, 3.05) is 32.7 Å². The Bertz CT molecular complexity index is 638. The number of amides is 1. The molecule has 1 aromatic rings. The summed E-state index contributed by atoms with van der Waals surface area (Å²) in [7, 11) is 0. The number of benzene rings is 1. The quantitative estimate of drug-likeness (QED) is 0.623. The van der Waals surface area contributed by atoms with Gasteiger partial charge in [0.1, 0.15) is 6.10 Å². The van der Waals surface area contributed by atoms with Crippen LogP contribution < -0.4 is 0 Å². The zero-order chi connectivity index (χ0) is 16.9. The molecule has 128 valence electrons. The molecule has 1 aromatic carbocycles. The molecule has 3 rings (SSSR count). The maximum absolute atomic E-state index is 12.5. The van der Waals surface area contributed by atoms with Gasteiger partial charge in [0, 0.05) is 50.4 Å². The molecule has 0 aromatic heterocycles. The summed E-state index contributed by atoms with van der Waals surface area (Å²) >= 11 is 0. The number of piperazine rings is 1. The first-order valence-corrected chi connectivity index (χ1v) is 8.20. The molecule has 0 N–H and O–H groups in total. The molecule has 0 radical (unpaired) electrons. The summed E-state index contributed by atoms with van der Waals surface area (Å²) in [4.78, 5) is 27.0. The molecule has 0 aliphatic carbocycles. The maximum atomic E-state index is 12.5. The average Bonchev–Trinajstić information content (AvgIpc) is 2.63. The van der Waals surface area contributed by atoms with Crippen molar-refractivity contribution in [1.29, 1.82) is 0 Å². The van der Waals surface area contributed by atoms with Crippen LogP contribution in [-0.2, 0) is 4.74 Å². The highest BCUT2D eigenvalue weighted by Gasteiger charge is 2.25. The third-order valence-corrected chi connectivity index (χ3v) is 4.45. The second kappa shape index (κ2) is 7.44. The van der Waals surface area contributed by atoms with Gasteiger partial charge in [-0.15, -0.1) is 0 Å². The van der Waals surface area contributed by atoms with E-state index in [2.05, 4.69) is 4.90 Å². The van der Waals surface area contributed by atoms with Crippen molar-refractivity contribution < 1.29 is 14.5 Å². The maximum Gasteiger partial charge on any atom is 0.270 e. The van der Waals surface area contributed by atoms with E-state index in [1.807, 2.05) is 6.08 Å². The van der Waals surface area contributed by atoms with Crippen LogP contribution >= 0.6 is 0 Å². The Hall–Kier alpha value is -2.41. The summed E-state index contributed by atoms with van der Waals surface area (Å²) in [6.45, 7) is 3.73. The lowest BCUT2D eigenvalue weighted by Gasteiger charge is -2.36. The molecule has 2 aliphatic rings. The third-order valence-electron chi connectivity index (χ3n) is 4.45. The first-order valence-electron chi connectivity index (χ1n) is 8.20. The fraction of sp³-hybridized carbons (Fsp3) is 0.471. The summed E-state index contributed by atoms with van der Waals surface area (Å²) in [5, 5.41) is 10.8. The van der Waals surface area contributed by atoms with Gasteiger partial charge in [-0.05, 0) is 25.0 Å². The normalized spacial score (nSPS) is 21.3. The van der Waals surface area contributed by atoms with Gasteiger partial charge < -0.3 is 9.64 Å². The summed E-state index contributed by atoms with van der Waals surface area (Å²) in [6, 6.07) is 5.92. The minimum atomic E-state index is -0.479. The van der Waals surface area contributed by atoms with Gasteiger partial charge >= 0.3 is 0 Å². The molecular formula is C17H21N3O4. The molecule has 0 saturated carbocycles. The van der Waals surface area contributed by atoms with Crippen LogP contribution in [0.3, 0.4) is 0 Å². The Kier molecular flexibility index (Phi) is 5.10. The molecule has 2 aliphatic heterocycles. The Morgan fingerprint density at radius 1 is 1.29 bits per heavy atom. The van der Waals surface area contributed by atoms with Gasteiger partial charge in [0.05, 0.1) is 11.2 Å². The van der Waals surface area contributed by atoms with Crippen LogP contribution in [0.5, 0.6) is 0 Å². The number of allylic oxidation sites excluding steroid dienone is 1. The summed E-state index contributed by atoms with van der Waals surface area (Å²) in [6.07, 6.45) is 6.12.